The van der Waals surface area contributed by atoms with Crippen LogP contribution in [0.1, 0.15) is 36.8 Å². The molecule has 1 heterocycles. The van der Waals surface area contributed by atoms with Crippen molar-refractivity contribution in [1.82, 2.24) is 20.2 Å². The number of tetrazole rings is 1. The molecule has 0 aliphatic heterocycles. The van der Waals surface area contributed by atoms with Crippen molar-refractivity contribution in [2.24, 2.45) is 0 Å². The van der Waals surface area contributed by atoms with Crippen molar-refractivity contribution >= 4 is 9.84 Å². The summed E-state index contributed by atoms with van der Waals surface area (Å²) in [6.07, 6.45) is 0. The van der Waals surface area contributed by atoms with Gasteiger partial charge in [0.1, 0.15) is 5.75 Å². The van der Waals surface area contributed by atoms with E-state index < -0.39 is 9.84 Å². The van der Waals surface area contributed by atoms with Gasteiger partial charge in [0.15, 0.2) is 15.7 Å². The Morgan fingerprint density at radius 2 is 1.90 bits per heavy atom. The van der Waals surface area contributed by atoms with Crippen molar-refractivity contribution in [3.63, 3.8) is 0 Å². The van der Waals surface area contributed by atoms with Gasteiger partial charge in [0, 0.05) is 0 Å². The summed E-state index contributed by atoms with van der Waals surface area (Å²) in [7, 11) is -3.44. The Balaban J connectivity index is 2.36. The summed E-state index contributed by atoms with van der Waals surface area (Å²) in [5.41, 5.74) is 2.02. The van der Waals surface area contributed by atoms with Crippen molar-refractivity contribution in [2.75, 3.05) is 0 Å². The Morgan fingerprint density at radius 1 is 1.20 bits per heavy atom. The lowest BCUT2D eigenvalue weighted by atomic mass is 10.1. The zero-order chi connectivity index (χ0) is 14.9. The second-order valence-electron chi connectivity index (χ2n) is 5.14. The molecule has 20 heavy (non-hydrogen) atoms. The molecule has 0 aliphatic carbocycles. The molecular formula is C13H18N4O2S. The molecule has 0 radical (unpaired) electrons. The van der Waals surface area contributed by atoms with Gasteiger partial charge in [0.25, 0.3) is 0 Å². The first-order valence-corrected chi connectivity index (χ1v) is 8.03. The first kappa shape index (κ1) is 14.6. The van der Waals surface area contributed by atoms with Crippen molar-refractivity contribution in [3.8, 4) is 0 Å². The highest BCUT2D eigenvalue weighted by Gasteiger charge is 2.21. The molecule has 0 atom stereocenters. The molecule has 0 saturated heterocycles. The molecule has 6 nitrogen and oxygen atoms in total. The van der Waals surface area contributed by atoms with E-state index in [0.717, 1.165) is 11.1 Å². The lowest BCUT2D eigenvalue weighted by Gasteiger charge is -2.09. The lowest BCUT2D eigenvalue weighted by molar-refractivity contribution is 0.498. The number of aromatic nitrogens is 4. The first-order chi connectivity index (χ1) is 9.31. The molecule has 0 unspecified atom stereocenters. The van der Waals surface area contributed by atoms with E-state index >= 15 is 0 Å². The van der Waals surface area contributed by atoms with Gasteiger partial charge in [-0.1, -0.05) is 6.07 Å². The third-order valence-electron chi connectivity index (χ3n) is 3.21. The minimum absolute atomic E-state index is 0.0231. The van der Waals surface area contributed by atoms with Gasteiger partial charge in [0.05, 0.1) is 10.9 Å². The number of hydrogen-bond acceptors (Lipinski definition) is 5. The maximum Gasteiger partial charge on any atom is 0.185 e. The minimum atomic E-state index is -3.44. The normalized spacial score (nSPS) is 12.1. The van der Waals surface area contributed by atoms with Crippen LogP contribution >= 0.6 is 0 Å². The summed E-state index contributed by atoms with van der Waals surface area (Å²) >= 11 is 0. The minimum Gasteiger partial charge on any atom is -0.226 e. The van der Waals surface area contributed by atoms with Crippen LogP contribution in [0.3, 0.4) is 0 Å². The van der Waals surface area contributed by atoms with Gasteiger partial charge >= 0.3 is 0 Å². The molecular weight excluding hydrogens is 276 g/mol. The first-order valence-electron chi connectivity index (χ1n) is 6.38. The molecule has 0 fully saturated rings. The zero-order valence-electron chi connectivity index (χ0n) is 12.0. The molecule has 0 bridgehead atoms. The van der Waals surface area contributed by atoms with E-state index in [0.29, 0.717) is 10.7 Å². The highest BCUT2D eigenvalue weighted by atomic mass is 32.2. The van der Waals surface area contributed by atoms with Crippen molar-refractivity contribution < 1.29 is 8.42 Å². The average molecular weight is 294 g/mol. The molecule has 1 aromatic heterocycles. The maximum atomic E-state index is 12.4. The van der Waals surface area contributed by atoms with Crippen molar-refractivity contribution in [1.29, 1.82) is 0 Å². The van der Waals surface area contributed by atoms with Gasteiger partial charge < -0.3 is 0 Å². The topological polar surface area (TPSA) is 77.7 Å². The summed E-state index contributed by atoms with van der Waals surface area (Å²) in [5, 5.41) is 11.2. The van der Waals surface area contributed by atoms with Crippen molar-refractivity contribution in [2.45, 2.75) is 44.4 Å². The fourth-order valence-corrected chi connectivity index (χ4v) is 3.20. The van der Waals surface area contributed by atoms with Crippen LogP contribution < -0.4 is 0 Å². The predicted molar refractivity (Wildman–Crippen MR) is 75.0 cm³/mol. The number of hydrogen-bond donors (Lipinski definition) is 0. The highest BCUT2D eigenvalue weighted by molar-refractivity contribution is 7.90. The Hall–Kier alpha value is -1.76. The zero-order valence-corrected chi connectivity index (χ0v) is 12.8. The van der Waals surface area contributed by atoms with E-state index in [1.807, 2.05) is 33.8 Å². The number of aryl methyl sites for hydroxylation is 2. The van der Waals surface area contributed by atoms with E-state index in [1.54, 1.807) is 12.1 Å². The van der Waals surface area contributed by atoms with Crippen LogP contribution in [-0.2, 0) is 15.6 Å². The van der Waals surface area contributed by atoms with Gasteiger partial charge in [-0.15, -0.1) is 5.10 Å². The second-order valence-corrected chi connectivity index (χ2v) is 7.13. The maximum absolute atomic E-state index is 12.4. The summed E-state index contributed by atoms with van der Waals surface area (Å²) in [6, 6.07) is 5.15. The molecule has 0 N–H and O–H groups in total. The Morgan fingerprint density at radius 3 is 2.50 bits per heavy atom. The van der Waals surface area contributed by atoms with Crippen LogP contribution in [0.2, 0.25) is 0 Å². The Kier molecular flexibility index (Phi) is 3.89. The molecule has 2 aromatic rings. The smallest absolute Gasteiger partial charge is 0.185 e. The van der Waals surface area contributed by atoms with Gasteiger partial charge in [0.2, 0.25) is 0 Å². The van der Waals surface area contributed by atoms with Crippen LogP contribution in [0.5, 0.6) is 0 Å². The number of nitrogens with zero attached hydrogens (tertiary/aromatic N) is 4. The summed E-state index contributed by atoms with van der Waals surface area (Å²) in [6.45, 7) is 7.66. The number of rotatable bonds is 4. The van der Waals surface area contributed by atoms with Crippen LogP contribution in [0.15, 0.2) is 23.1 Å². The van der Waals surface area contributed by atoms with Crippen LogP contribution in [0.4, 0.5) is 0 Å². The van der Waals surface area contributed by atoms with Crippen LogP contribution in [-0.4, -0.2) is 28.6 Å². The summed E-state index contributed by atoms with van der Waals surface area (Å²) < 4.78 is 26.4. The molecule has 108 valence electrons. The summed E-state index contributed by atoms with van der Waals surface area (Å²) in [5.74, 6) is 0.166. The standard InChI is InChI=1S/C13H18N4O2S/c1-9(2)17-13(14-15-16-17)8-20(18,19)12-6-5-10(3)11(4)7-12/h5-7,9H,8H2,1-4H3. The number of benzene rings is 1. The quantitative estimate of drug-likeness (QED) is 0.860. The molecule has 0 saturated carbocycles. The Bertz CT molecular complexity index is 720. The predicted octanol–water partition coefficient (Wildman–Crippen LogP) is 1.84. The molecule has 0 spiro atoms. The van der Waals surface area contributed by atoms with E-state index in [-0.39, 0.29) is 11.8 Å². The van der Waals surface area contributed by atoms with E-state index in [1.165, 1.54) is 4.68 Å². The summed E-state index contributed by atoms with van der Waals surface area (Å²) in [4.78, 5) is 0.305. The van der Waals surface area contributed by atoms with Crippen LogP contribution in [0, 0.1) is 13.8 Å². The van der Waals surface area contributed by atoms with E-state index in [4.69, 9.17) is 0 Å². The molecule has 7 heteroatoms. The van der Waals surface area contributed by atoms with Gasteiger partial charge in [-0.2, -0.15) is 0 Å². The highest BCUT2D eigenvalue weighted by Crippen LogP contribution is 2.19. The van der Waals surface area contributed by atoms with Crippen molar-refractivity contribution in [3.05, 3.63) is 35.2 Å². The second kappa shape index (κ2) is 5.32. The fraction of sp³-hybridized carbons (Fsp3) is 0.462. The monoisotopic (exact) mass is 294 g/mol. The molecule has 1 aromatic carbocycles. The van der Waals surface area contributed by atoms with E-state index in [2.05, 4.69) is 15.5 Å². The lowest BCUT2D eigenvalue weighted by Crippen LogP contribution is -2.13. The van der Waals surface area contributed by atoms with E-state index in [9.17, 15) is 8.42 Å². The third-order valence-corrected chi connectivity index (χ3v) is 4.82. The Labute approximate surface area is 118 Å². The SMILES string of the molecule is Cc1ccc(S(=O)(=O)Cc2nnnn2C(C)C)cc1C. The third kappa shape index (κ3) is 2.87. The van der Waals surface area contributed by atoms with Gasteiger partial charge in [-0.25, -0.2) is 13.1 Å². The fourth-order valence-electron chi connectivity index (χ4n) is 1.87. The molecule has 2 rings (SSSR count). The molecule has 0 amide bonds. The van der Waals surface area contributed by atoms with Gasteiger partial charge in [-0.3, -0.25) is 0 Å². The van der Waals surface area contributed by atoms with Gasteiger partial charge in [-0.05, 0) is 61.4 Å². The largest absolute Gasteiger partial charge is 0.226 e. The number of sulfone groups is 1. The molecule has 0 aliphatic rings. The van der Waals surface area contributed by atoms with Crippen LogP contribution in [0.25, 0.3) is 0 Å². The average Bonchev–Trinajstić information content (AvgIpc) is 2.80.